The van der Waals surface area contributed by atoms with E-state index in [9.17, 15) is 22.8 Å². The maximum atomic E-state index is 13.4. The summed E-state index contributed by atoms with van der Waals surface area (Å²) >= 11 is 6.17. The van der Waals surface area contributed by atoms with Gasteiger partial charge < -0.3 is 9.47 Å². The minimum absolute atomic E-state index is 0.0169. The van der Waals surface area contributed by atoms with Crippen LogP contribution in [0, 0.1) is 0 Å². The zero-order chi connectivity index (χ0) is 23.8. The van der Waals surface area contributed by atoms with Crippen LogP contribution in [0.1, 0.15) is 31.9 Å². The monoisotopic (exact) mass is 470 g/mol. The SMILES string of the molecule is COc1ccc(Cn2c(=O)n(C(C)(C)COC(C)=O)c3ccc(C(F)(F)F)cc32)cc1Cl. The van der Waals surface area contributed by atoms with Crippen LogP contribution in [0.15, 0.2) is 41.2 Å². The number of hydrogen-bond acceptors (Lipinski definition) is 4. The fraction of sp³-hybridized carbons (Fsp3) is 0.364. The summed E-state index contributed by atoms with van der Waals surface area (Å²) in [5, 5.41) is 0.313. The minimum Gasteiger partial charge on any atom is -0.495 e. The number of alkyl halides is 3. The number of aromatic nitrogens is 2. The van der Waals surface area contributed by atoms with Gasteiger partial charge in [0.1, 0.15) is 12.4 Å². The molecule has 0 aliphatic carbocycles. The van der Waals surface area contributed by atoms with Crippen molar-refractivity contribution >= 4 is 28.6 Å². The van der Waals surface area contributed by atoms with Crippen molar-refractivity contribution in [3.63, 3.8) is 0 Å². The molecule has 0 saturated carbocycles. The number of esters is 1. The first kappa shape index (κ1) is 23.7. The lowest BCUT2D eigenvalue weighted by atomic mass is 10.1. The summed E-state index contributed by atoms with van der Waals surface area (Å²) in [6.45, 7) is 4.44. The standard InChI is InChI=1S/C22H22ClF3N2O4/c1-13(29)32-12-21(2,3)28-17-7-6-15(22(24,25)26)10-18(17)27(20(28)30)11-14-5-8-19(31-4)16(23)9-14/h5-10H,11-12H2,1-4H3. The van der Waals surface area contributed by atoms with Gasteiger partial charge in [0.2, 0.25) is 0 Å². The van der Waals surface area contributed by atoms with Crippen LogP contribution < -0.4 is 10.4 Å². The summed E-state index contributed by atoms with van der Waals surface area (Å²) in [6, 6.07) is 8.01. The van der Waals surface area contributed by atoms with E-state index in [4.69, 9.17) is 21.1 Å². The highest BCUT2D eigenvalue weighted by Gasteiger charge is 2.33. The molecule has 172 valence electrons. The molecule has 0 N–H and O–H groups in total. The third-order valence-corrected chi connectivity index (χ3v) is 5.34. The van der Waals surface area contributed by atoms with Crippen molar-refractivity contribution in [3.05, 3.63) is 63.0 Å². The van der Waals surface area contributed by atoms with Gasteiger partial charge in [0.05, 0.1) is 40.8 Å². The lowest BCUT2D eigenvalue weighted by molar-refractivity contribution is -0.143. The Balaban J connectivity index is 2.21. The second-order valence-electron chi connectivity index (χ2n) is 7.97. The van der Waals surface area contributed by atoms with E-state index in [1.807, 2.05) is 0 Å². The molecule has 10 heteroatoms. The van der Waals surface area contributed by atoms with Gasteiger partial charge in [0, 0.05) is 6.92 Å². The topological polar surface area (TPSA) is 62.5 Å². The number of carbonyl (C=O) groups is 1. The van der Waals surface area contributed by atoms with Gasteiger partial charge in [-0.2, -0.15) is 13.2 Å². The Kier molecular flexibility index (Phi) is 6.33. The first-order valence-electron chi connectivity index (χ1n) is 9.64. The van der Waals surface area contributed by atoms with Crippen LogP contribution in [-0.2, 0) is 27.8 Å². The third kappa shape index (κ3) is 4.62. The quantitative estimate of drug-likeness (QED) is 0.484. The molecule has 0 amide bonds. The summed E-state index contributed by atoms with van der Waals surface area (Å²) in [7, 11) is 1.46. The van der Waals surface area contributed by atoms with Crippen LogP contribution in [0.3, 0.4) is 0 Å². The first-order chi connectivity index (χ1) is 14.8. The number of halogens is 4. The van der Waals surface area contributed by atoms with Gasteiger partial charge in [-0.25, -0.2) is 4.79 Å². The van der Waals surface area contributed by atoms with Crippen LogP contribution in [0.5, 0.6) is 5.75 Å². The molecule has 0 aliphatic rings. The van der Waals surface area contributed by atoms with Gasteiger partial charge in [-0.1, -0.05) is 17.7 Å². The van der Waals surface area contributed by atoms with Crippen molar-refractivity contribution in [2.45, 2.75) is 39.0 Å². The van der Waals surface area contributed by atoms with Gasteiger partial charge in [0.25, 0.3) is 0 Å². The molecule has 0 aliphatic heterocycles. The molecule has 1 aromatic heterocycles. The highest BCUT2D eigenvalue weighted by Crippen LogP contribution is 2.33. The number of nitrogens with zero attached hydrogens (tertiary/aromatic N) is 2. The maximum Gasteiger partial charge on any atom is 0.416 e. The smallest absolute Gasteiger partial charge is 0.416 e. The average molecular weight is 471 g/mol. The number of fused-ring (bicyclic) bond motifs is 1. The second kappa shape index (κ2) is 8.54. The van der Waals surface area contributed by atoms with E-state index >= 15 is 0 Å². The van der Waals surface area contributed by atoms with Crippen LogP contribution >= 0.6 is 11.6 Å². The Morgan fingerprint density at radius 1 is 1.09 bits per heavy atom. The Morgan fingerprint density at radius 3 is 2.34 bits per heavy atom. The van der Waals surface area contributed by atoms with Crippen LogP contribution in [-0.4, -0.2) is 28.8 Å². The van der Waals surface area contributed by atoms with Gasteiger partial charge in [-0.15, -0.1) is 0 Å². The molecular formula is C22H22ClF3N2O4. The van der Waals surface area contributed by atoms with Crippen LogP contribution in [0.25, 0.3) is 11.0 Å². The fourth-order valence-corrected chi connectivity index (χ4v) is 3.78. The molecule has 1 heterocycles. The van der Waals surface area contributed by atoms with E-state index < -0.39 is 28.9 Å². The number of rotatable bonds is 6. The molecule has 0 saturated heterocycles. The number of carbonyl (C=O) groups excluding carboxylic acids is 1. The van der Waals surface area contributed by atoms with Gasteiger partial charge >= 0.3 is 17.8 Å². The fourth-order valence-electron chi connectivity index (χ4n) is 3.50. The van der Waals surface area contributed by atoms with Gasteiger partial charge in [-0.3, -0.25) is 13.9 Å². The van der Waals surface area contributed by atoms with Gasteiger partial charge in [0.15, 0.2) is 0 Å². The normalized spacial score (nSPS) is 12.2. The molecule has 0 fully saturated rings. The van der Waals surface area contributed by atoms with Crippen molar-refractivity contribution in [2.24, 2.45) is 0 Å². The van der Waals surface area contributed by atoms with E-state index in [2.05, 4.69) is 0 Å². The van der Waals surface area contributed by atoms with Crippen LogP contribution in [0.2, 0.25) is 5.02 Å². The molecule has 0 bridgehead atoms. The van der Waals surface area contributed by atoms with E-state index in [1.165, 1.54) is 29.2 Å². The summed E-state index contributed by atoms with van der Waals surface area (Å²) in [5.74, 6) is -0.0887. The lowest BCUT2D eigenvalue weighted by Gasteiger charge is -2.26. The summed E-state index contributed by atoms with van der Waals surface area (Å²) < 4.78 is 52.9. The van der Waals surface area contributed by atoms with Crippen molar-refractivity contribution < 1.29 is 27.4 Å². The average Bonchev–Trinajstić information content (AvgIpc) is 2.97. The molecule has 32 heavy (non-hydrogen) atoms. The van der Waals surface area contributed by atoms with Crippen molar-refractivity contribution in [1.29, 1.82) is 0 Å². The maximum absolute atomic E-state index is 13.4. The molecule has 3 rings (SSSR count). The molecule has 0 atom stereocenters. The van der Waals surface area contributed by atoms with E-state index in [0.717, 1.165) is 12.1 Å². The Hall–Kier alpha value is -2.94. The predicted molar refractivity (Wildman–Crippen MR) is 114 cm³/mol. The number of methoxy groups -OCH3 is 1. The van der Waals surface area contributed by atoms with Crippen molar-refractivity contribution in [2.75, 3.05) is 13.7 Å². The second-order valence-corrected chi connectivity index (χ2v) is 8.37. The van der Waals surface area contributed by atoms with E-state index in [1.54, 1.807) is 32.0 Å². The largest absolute Gasteiger partial charge is 0.495 e. The van der Waals surface area contributed by atoms with E-state index in [-0.39, 0.29) is 18.7 Å². The number of benzene rings is 2. The molecule has 0 spiro atoms. The van der Waals surface area contributed by atoms with Gasteiger partial charge in [-0.05, 0) is 49.7 Å². The minimum atomic E-state index is -4.58. The lowest BCUT2D eigenvalue weighted by Crippen LogP contribution is -2.41. The van der Waals surface area contributed by atoms with E-state index in [0.29, 0.717) is 21.9 Å². The number of imidazole rings is 1. The summed E-state index contributed by atoms with van der Waals surface area (Å²) in [6.07, 6.45) is -4.58. The molecule has 3 aromatic rings. The number of hydrogen-bond donors (Lipinski definition) is 0. The van der Waals surface area contributed by atoms with Crippen molar-refractivity contribution in [3.8, 4) is 5.75 Å². The Bertz CT molecular complexity index is 1230. The molecule has 0 radical (unpaired) electrons. The summed E-state index contributed by atoms with van der Waals surface area (Å²) in [5.41, 5.74) is -1.42. The third-order valence-electron chi connectivity index (χ3n) is 5.05. The highest BCUT2D eigenvalue weighted by atomic mass is 35.5. The first-order valence-corrected chi connectivity index (χ1v) is 10.0. The Labute approximate surface area is 187 Å². The number of ether oxygens (including phenoxy) is 2. The molecule has 2 aromatic carbocycles. The Morgan fingerprint density at radius 2 is 1.78 bits per heavy atom. The highest BCUT2D eigenvalue weighted by molar-refractivity contribution is 6.32. The summed E-state index contributed by atoms with van der Waals surface area (Å²) in [4.78, 5) is 24.7. The molecular weight excluding hydrogens is 449 g/mol. The van der Waals surface area contributed by atoms with Crippen molar-refractivity contribution in [1.82, 2.24) is 9.13 Å². The van der Waals surface area contributed by atoms with Crippen LogP contribution in [0.4, 0.5) is 13.2 Å². The molecule has 6 nitrogen and oxygen atoms in total. The zero-order valence-corrected chi connectivity index (χ0v) is 18.7. The molecule has 0 unspecified atom stereocenters. The zero-order valence-electron chi connectivity index (χ0n) is 17.9. The predicted octanol–water partition coefficient (Wildman–Crippen LogP) is 4.83.